The Morgan fingerprint density at radius 2 is 1.73 bits per heavy atom. The van der Waals surface area contributed by atoms with Gasteiger partial charge in [-0.3, -0.25) is 14.5 Å². The fourth-order valence-electron chi connectivity index (χ4n) is 4.92. The quantitative estimate of drug-likeness (QED) is 0.314. The highest BCUT2D eigenvalue weighted by Crippen LogP contribution is 2.45. The maximum Gasteiger partial charge on any atom is 0.316 e. The summed E-state index contributed by atoms with van der Waals surface area (Å²) in [6, 6.07) is 9.27. The highest BCUT2D eigenvalue weighted by molar-refractivity contribution is 6.36. The van der Waals surface area contributed by atoms with Crippen LogP contribution >= 0.6 is 23.2 Å². The number of hydrogen-bond acceptors (Lipinski definition) is 5. The molecule has 0 bridgehead atoms. The molecule has 4 rings (SSSR count). The summed E-state index contributed by atoms with van der Waals surface area (Å²) in [5.74, 6) is -0.645. The molecule has 0 saturated carbocycles. The number of esters is 1. The summed E-state index contributed by atoms with van der Waals surface area (Å²) in [6.07, 6.45) is 1.36. The summed E-state index contributed by atoms with van der Waals surface area (Å²) in [4.78, 5) is 26.5. The second kappa shape index (κ2) is 9.61. The number of hydrogen-bond donors (Lipinski definition) is 0. The van der Waals surface area contributed by atoms with Crippen molar-refractivity contribution >= 4 is 41.3 Å². The van der Waals surface area contributed by atoms with Crippen LogP contribution in [0.3, 0.4) is 0 Å². The Morgan fingerprint density at radius 3 is 2.27 bits per heavy atom. The SMILES string of the molecule is Cc1cc(N2CC(F)(c3c(Cl)cccc3Cl)C2)cc(C)c1CN1CCC(C(=O)OC=O)CC1. The lowest BCUT2D eigenvalue weighted by atomic mass is 9.86. The molecule has 0 atom stereocenters. The first-order valence-corrected chi connectivity index (χ1v) is 11.8. The van der Waals surface area contributed by atoms with Crippen molar-refractivity contribution < 1.29 is 18.7 Å². The van der Waals surface area contributed by atoms with Crippen molar-refractivity contribution in [3.8, 4) is 0 Å². The molecule has 0 amide bonds. The van der Waals surface area contributed by atoms with E-state index in [0.29, 0.717) is 28.5 Å². The van der Waals surface area contributed by atoms with Crippen molar-refractivity contribution in [1.82, 2.24) is 4.90 Å². The van der Waals surface area contributed by atoms with Crippen LogP contribution < -0.4 is 4.90 Å². The highest BCUT2D eigenvalue weighted by Gasteiger charge is 2.47. The van der Waals surface area contributed by atoms with Gasteiger partial charge in [-0.2, -0.15) is 0 Å². The summed E-state index contributed by atoms with van der Waals surface area (Å²) >= 11 is 12.5. The van der Waals surface area contributed by atoms with Crippen LogP contribution in [0.4, 0.5) is 10.1 Å². The number of aryl methyl sites for hydroxylation is 2. The van der Waals surface area contributed by atoms with Crippen molar-refractivity contribution in [2.75, 3.05) is 31.1 Å². The second-order valence-electron chi connectivity index (χ2n) is 9.06. The van der Waals surface area contributed by atoms with E-state index in [1.165, 1.54) is 5.56 Å². The van der Waals surface area contributed by atoms with Gasteiger partial charge in [-0.05, 0) is 80.7 Å². The summed E-state index contributed by atoms with van der Waals surface area (Å²) in [5.41, 5.74) is 3.34. The smallest absolute Gasteiger partial charge is 0.316 e. The molecule has 8 heteroatoms. The molecule has 176 valence electrons. The topological polar surface area (TPSA) is 49.9 Å². The van der Waals surface area contributed by atoms with E-state index >= 15 is 4.39 Å². The van der Waals surface area contributed by atoms with Crippen molar-refractivity contribution in [2.24, 2.45) is 5.92 Å². The summed E-state index contributed by atoms with van der Waals surface area (Å²) < 4.78 is 20.0. The minimum Gasteiger partial charge on any atom is -0.395 e. The van der Waals surface area contributed by atoms with Crippen molar-refractivity contribution in [2.45, 2.75) is 38.9 Å². The third-order valence-electron chi connectivity index (χ3n) is 6.81. The van der Waals surface area contributed by atoms with Gasteiger partial charge in [-0.15, -0.1) is 0 Å². The monoisotopic (exact) mass is 492 g/mol. The van der Waals surface area contributed by atoms with E-state index in [1.807, 2.05) is 4.90 Å². The lowest BCUT2D eigenvalue weighted by molar-refractivity contribution is -0.156. The van der Waals surface area contributed by atoms with Gasteiger partial charge in [-0.25, -0.2) is 4.39 Å². The first kappa shape index (κ1) is 24.0. The zero-order chi connectivity index (χ0) is 23.8. The van der Waals surface area contributed by atoms with E-state index in [2.05, 4.69) is 35.6 Å². The van der Waals surface area contributed by atoms with Crippen LogP contribution in [-0.4, -0.2) is 43.5 Å². The Hall–Kier alpha value is -2.15. The maximum absolute atomic E-state index is 15.6. The molecule has 2 fully saturated rings. The average Bonchev–Trinajstić information content (AvgIpc) is 2.74. The Morgan fingerprint density at radius 1 is 1.15 bits per heavy atom. The molecule has 0 spiro atoms. The van der Waals surface area contributed by atoms with E-state index in [0.717, 1.165) is 36.4 Å². The number of nitrogens with zero attached hydrogens (tertiary/aromatic N) is 2. The van der Waals surface area contributed by atoms with Crippen LogP contribution in [0.25, 0.3) is 0 Å². The van der Waals surface area contributed by atoms with Gasteiger partial charge in [0.05, 0.1) is 19.0 Å². The van der Waals surface area contributed by atoms with Gasteiger partial charge in [0.1, 0.15) is 0 Å². The Balaban J connectivity index is 1.41. The molecule has 2 aliphatic rings. The summed E-state index contributed by atoms with van der Waals surface area (Å²) in [5, 5.41) is 0.714. The van der Waals surface area contributed by atoms with E-state index in [-0.39, 0.29) is 25.5 Å². The molecule has 2 aromatic rings. The van der Waals surface area contributed by atoms with Crippen molar-refractivity contribution in [3.05, 3.63) is 62.6 Å². The molecule has 2 aromatic carbocycles. The first-order chi connectivity index (χ1) is 15.7. The standard InChI is InChI=1S/C25H27Cl2FN2O3/c1-16-10-19(30-13-25(28,14-30)23-21(26)4-3-5-22(23)27)11-17(2)20(16)12-29-8-6-18(7-9-29)24(32)33-15-31/h3-5,10-11,15,18H,6-9,12-14H2,1-2H3. The molecule has 2 aliphatic heterocycles. The number of piperidine rings is 1. The third kappa shape index (κ3) is 4.88. The molecular formula is C25H27Cl2FN2O3. The van der Waals surface area contributed by atoms with Crippen LogP contribution in [0, 0.1) is 19.8 Å². The van der Waals surface area contributed by atoms with Crippen LogP contribution in [-0.2, 0) is 26.5 Å². The summed E-state index contributed by atoms with van der Waals surface area (Å²) in [6.45, 7) is 7.11. The van der Waals surface area contributed by atoms with Gasteiger partial charge in [0.2, 0.25) is 0 Å². The van der Waals surface area contributed by atoms with Crippen molar-refractivity contribution in [3.63, 3.8) is 0 Å². The van der Waals surface area contributed by atoms with Crippen molar-refractivity contribution in [1.29, 1.82) is 0 Å². The minimum absolute atomic E-state index is 0.205. The molecule has 0 N–H and O–H groups in total. The predicted octanol–water partition coefficient (Wildman–Crippen LogP) is 5.21. The van der Waals surface area contributed by atoms with Gasteiger partial charge in [0, 0.05) is 27.8 Å². The van der Waals surface area contributed by atoms with Crippen LogP contribution in [0.1, 0.15) is 35.1 Å². The maximum atomic E-state index is 15.6. The van der Waals surface area contributed by atoms with E-state index in [9.17, 15) is 9.59 Å². The second-order valence-corrected chi connectivity index (χ2v) is 9.87. The van der Waals surface area contributed by atoms with Crippen LogP contribution in [0.15, 0.2) is 30.3 Å². The van der Waals surface area contributed by atoms with Gasteiger partial charge in [0.15, 0.2) is 5.67 Å². The van der Waals surface area contributed by atoms with Gasteiger partial charge in [0.25, 0.3) is 0 Å². The minimum atomic E-state index is -1.56. The normalized spacial score (nSPS) is 18.6. The Bertz CT molecular complexity index is 1020. The molecule has 5 nitrogen and oxygen atoms in total. The molecule has 0 aromatic heterocycles. The lowest BCUT2D eigenvalue weighted by Gasteiger charge is -2.47. The molecule has 0 unspecified atom stereocenters. The molecule has 2 saturated heterocycles. The number of rotatable bonds is 6. The summed E-state index contributed by atoms with van der Waals surface area (Å²) in [7, 11) is 0. The largest absolute Gasteiger partial charge is 0.395 e. The van der Waals surface area contributed by atoms with Gasteiger partial charge < -0.3 is 9.64 Å². The predicted molar refractivity (Wildman–Crippen MR) is 128 cm³/mol. The average molecular weight is 493 g/mol. The van der Waals surface area contributed by atoms with E-state index in [4.69, 9.17) is 23.2 Å². The fraction of sp³-hybridized carbons (Fsp3) is 0.440. The first-order valence-electron chi connectivity index (χ1n) is 11.1. The zero-order valence-electron chi connectivity index (χ0n) is 18.7. The molecule has 2 heterocycles. The fourth-order valence-corrected chi connectivity index (χ4v) is 5.66. The number of halogens is 3. The van der Waals surface area contributed by atoms with E-state index < -0.39 is 11.6 Å². The highest BCUT2D eigenvalue weighted by atomic mass is 35.5. The van der Waals surface area contributed by atoms with E-state index in [1.54, 1.807) is 18.2 Å². The molecule has 33 heavy (non-hydrogen) atoms. The Kier molecular flexibility index (Phi) is 6.99. The number of alkyl halides is 1. The lowest BCUT2D eigenvalue weighted by Crippen LogP contribution is -2.57. The number of ether oxygens (including phenoxy) is 1. The zero-order valence-corrected chi connectivity index (χ0v) is 20.3. The number of anilines is 1. The molecule has 0 radical (unpaired) electrons. The number of carbonyl (C=O) groups excluding carboxylic acids is 2. The third-order valence-corrected chi connectivity index (χ3v) is 7.44. The van der Waals surface area contributed by atoms with Crippen LogP contribution in [0.5, 0.6) is 0 Å². The molecular weight excluding hydrogens is 466 g/mol. The number of carbonyl (C=O) groups is 2. The number of benzene rings is 2. The van der Waals surface area contributed by atoms with Gasteiger partial charge in [-0.1, -0.05) is 29.3 Å². The Labute approximate surface area is 203 Å². The number of likely N-dealkylation sites (tertiary alicyclic amines) is 1. The van der Waals surface area contributed by atoms with Crippen LogP contribution in [0.2, 0.25) is 10.0 Å². The van der Waals surface area contributed by atoms with Gasteiger partial charge >= 0.3 is 12.4 Å². The molecule has 0 aliphatic carbocycles.